The van der Waals surface area contributed by atoms with Crippen molar-refractivity contribution >= 4 is 10.8 Å². The van der Waals surface area contributed by atoms with Crippen LogP contribution in [0.5, 0.6) is 0 Å². The largest absolute Gasteiger partial charge is 0.264 e. The molecule has 17 heavy (non-hydrogen) atoms. The van der Waals surface area contributed by atoms with Crippen molar-refractivity contribution in [2.45, 2.75) is 6.92 Å². The standard InChI is InChI=1S/C15H12N2/c1-11-4-2-7-15(17-11)14-6-3-5-12-10-16-9-8-13(12)14/h2-10H,1H3. The monoisotopic (exact) mass is 220 g/mol. The lowest BCUT2D eigenvalue weighted by Gasteiger charge is -2.06. The van der Waals surface area contributed by atoms with E-state index in [1.54, 1.807) is 0 Å². The van der Waals surface area contributed by atoms with Gasteiger partial charge in [-0.05, 0) is 30.5 Å². The van der Waals surface area contributed by atoms with Gasteiger partial charge in [-0.3, -0.25) is 9.97 Å². The first kappa shape index (κ1) is 9.97. The summed E-state index contributed by atoms with van der Waals surface area (Å²) in [6.45, 7) is 2.01. The number of fused-ring (bicyclic) bond motifs is 1. The molecule has 0 aliphatic rings. The zero-order valence-corrected chi connectivity index (χ0v) is 9.59. The number of hydrogen-bond acceptors (Lipinski definition) is 2. The first-order valence-electron chi connectivity index (χ1n) is 5.61. The maximum atomic E-state index is 4.57. The van der Waals surface area contributed by atoms with Gasteiger partial charge < -0.3 is 0 Å². The Bertz CT molecular complexity index is 669. The molecule has 3 aromatic rings. The highest BCUT2D eigenvalue weighted by Crippen LogP contribution is 2.26. The molecule has 0 radical (unpaired) electrons. The molecule has 0 unspecified atom stereocenters. The van der Waals surface area contributed by atoms with Crippen molar-refractivity contribution in [3.63, 3.8) is 0 Å². The minimum atomic E-state index is 1.02. The zero-order valence-electron chi connectivity index (χ0n) is 9.59. The molecule has 0 N–H and O–H groups in total. The molecule has 2 heterocycles. The molecule has 2 heteroatoms. The van der Waals surface area contributed by atoms with E-state index in [0.29, 0.717) is 0 Å². The van der Waals surface area contributed by atoms with E-state index in [9.17, 15) is 0 Å². The molecule has 0 aliphatic carbocycles. The lowest BCUT2D eigenvalue weighted by atomic mass is 10.0. The van der Waals surface area contributed by atoms with Gasteiger partial charge in [0.1, 0.15) is 0 Å². The van der Waals surface area contributed by atoms with Crippen LogP contribution in [0.2, 0.25) is 0 Å². The summed E-state index contributed by atoms with van der Waals surface area (Å²) in [4.78, 5) is 8.72. The van der Waals surface area contributed by atoms with Crippen LogP contribution in [0.15, 0.2) is 54.9 Å². The summed E-state index contributed by atoms with van der Waals surface area (Å²) in [5, 5.41) is 2.34. The number of hydrogen-bond donors (Lipinski definition) is 0. The number of benzene rings is 1. The van der Waals surface area contributed by atoms with Crippen molar-refractivity contribution in [1.82, 2.24) is 9.97 Å². The first-order valence-corrected chi connectivity index (χ1v) is 5.61. The Morgan fingerprint density at radius 3 is 2.71 bits per heavy atom. The zero-order chi connectivity index (χ0) is 11.7. The Morgan fingerprint density at radius 2 is 1.82 bits per heavy atom. The van der Waals surface area contributed by atoms with E-state index in [2.05, 4.69) is 22.1 Å². The van der Waals surface area contributed by atoms with Crippen LogP contribution in [-0.2, 0) is 0 Å². The van der Waals surface area contributed by atoms with Gasteiger partial charge in [0.05, 0.1) is 5.69 Å². The summed E-state index contributed by atoms with van der Waals surface area (Å²) in [6.07, 6.45) is 3.70. The van der Waals surface area contributed by atoms with Gasteiger partial charge in [0.2, 0.25) is 0 Å². The lowest BCUT2D eigenvalue weighted by molar-refractivity contribution is 1.21. The molecule has 0 atom stereocenters. The SMILES string of the molecule is Cc1cccc(-c2cccc3cnccc23)n1. The minimum absolute atomic E-state index is 1.02. The van der Waals surface area contributed by atoms with Crippen LogP contribution in [-0.4, -0.2) is 9.97 Å². The Hall–Kier alpha value is -2.22. The van der Waals surface area contributed by atoms with E-state index in [1.807, 2.05) is 49.6 Å². The predicted molar refractivity (Wildman–Crippen MR) is 69.7 cm³/mol. The van der Waals surface area contributed by atoms with Gasteiger partial charge >= 0.3 is 0 Å². The van der Waals surface area contributed by atoms with E-state index in [-0.39, 0.29) is 0 Å². The van der Waals surface area contributed by atoms with Crippen LogP contribution in [0.25, 0.3) is 22.0 Å². The predicted octanol–water partition coefficient (Wildman–Crippen LogP) is 3.61. The second-order valence-electron chi connectivity index (χ2n) is 4.07. The fourth-order valence-corrected chi connectivity index (χ4v) is 2.04. The van der Waals surface area contributed by atoms with Gasteiger partial charge in [0, 0.05) is 29.0 Å². The molecule has 1 aromatic carbocycles. The maximum Gasteiger partial charge on any atom is 0.0711 e. The van der Waals surface area contributed by atoms with Crippen molar-refractivity contribution in [1.29, 1.82) is 0 Å². The molecule has 0 spiro atoms. The quantitative estimate of drug-likeness (QED) is 0.626. The summed E-state index contributed by atoms with van der Waals surface area (Å²) < 4.78 is 0. The van der Waals surface area contributed by atoms with Crippen molar-refractivity contribution in [3.05, 3.63) is 60.6 Å². The van der Waals surface area contributed by atoms with E-state index in [4.69, 9.17) is 0 Å². The highest BCUT2D eigenvalue weighted by molar-refractivity contribution is 5.95. The second-order valence-corrected chi connectivity index (χ2v) is 4.07. The highest BCUT2D eigenvalue weighted by Gasteiger charge is 2.04. The Kier molecular flexibility index (Phi) is 2.33. The van der Waals surface area contributed by atoms with Gasteiger partial charge in [-0.1, -0.05) is 24.3 Å². The molecule has 82 valence electrons. The number of nitrogens with zero attached hydrogens (tertiary/aromatic N) is 2. The maximum absolute atomic E-state index is 4.57. The van der Waals surface area contributed by atoms with E-state index in [1.165, 1.54) is 5.39 Å². The van der Waals surface area contributed by atoms with Crippen LogP contribution in [0.1, 0.15) is 5.69 Å². The van der Waals surface area contributed by atoms with Crippen molar-refractivity contribution in [3.8, 4) is 11.3 Å². The number of aryl methyl sites for hydroxylation is 1. The third-order valence-electron chi connectivity index (χ3n) is 2.85. The highest BCUT2D eigenvalue weighted by atomic mass is 14.7. The van der Waals surface area contributed by atoms with Crippen LogP contribution >= 0.6 is 0 Å². The van der Waals surface area contributed by atoms with Gasteiger partial charge in [-0.15, -0.1) is 0 Å². The average molecular weight is 220 g/mol. The molecule has 3 rings (SSSR count). The smallest absolute Gasteiger partial charge is 0.0711 e. The third-order valence-corrected chi connectivity index (χ3v) is 2.85. The Morgan fingerprint density at radius 1 is 0.941 bits per heavy atom. The number of rotatable bonds is 1. The molecule has 0 aliphatic heterocycles. The molecule has 0 saturated heterocycles. The summed E-state index contributed by atoms with van der Waals surface area (Å²) in [5.41, 5.74) is 3.21. The van der Waals surface area contributed by atoms with Gasteiger partial charge in [0.25, 0.3) is 0 Å². The minimum Gasteiger partial charge on any atom is -0.264 e. The summed E-state index contributed by atoms with van der Waals surface area (Å²) in [5.74, 6) is 0. The van der Waals surface area contributed by atoms with E-state index in [0.717, 1.165) is 22.3 Å². The molecule has 0 fully saturated rings. The molecular weight excluding hydrogens is 208 g/mol. The van der Waals surface area contributed by atoms with E-state index < -0.39 is 0 Å². The first-order chi connectivity index (χ1) is 8.34. The van der Waals surface area contributed by atoms with Crippen molar-refractivity contribution < 1.29 is 0 Å². The van der Waals surface area contributed by atoms with Crippen molar-refractivity contribution in [2.24, 2.45) is 0 Å². The van der Waals surface area contributed by atoms with Crippen LogP contribution < -0.4 is 0 Å². The fraction of sp³-hybridized carbons (Fsp3) is 0.0667. The topological polar surface area (TPSA) is 25.8 Å². The molecule has 0 amide bonds. The Balaban J connectivity index is 2.30. The fourth-order valence-electron chi connectivity index (χ4n) is 2.04. The van der Waals surface area contributed by atoms with Gasteiger partial charge in [-0.25, -0.2) is 0 Å². The Labute approximate surface area is 100.0 Å². The number of aromatic nitrogens is 2. The van der Waals surface area contributed by atoms with Gasteiger partial charge in [-0.2, -0.15) is 0 Å². The molecular formula is C15H12N2. The molecule has 2 aromatic heterocycles. The molecule has 0 saturated carbocycles. The summed E-state index contributed by atoms with van der Waals surface area (Å²) >= 11 is 0. The van der Waals surface area contributed by atoms with Crippen LogP contribution in [0.4, 0.5) is 0 Å². The van der Waals surface area contributed by atoms with Crippen molar-refractivity contribution in [2.75, 3.05) is 0 Å². The number of pyridine rings is 2. The molecule has 0 bridgehead atoms. The average Bonchev–Trinajstić information content (AvgIpc) is 2.38. The van der Waals surface area contributed by atoms with E-state index >= 15 is 0 Å². The summed E-state index contributed by atoms with van der Waals surface area (Å²) in [7, 11) is 0. The third kappa shape index (κ3) is 1.78. The van der Waals surface area contributed by atoms with Gasteiger partial charge in [0.15, 0.2) is 0 Å². The normalized spacial score (nSPS) is 10.6. The van der Waals surface area contributed by atoms with Crippen LogP contribution in [0.3, 0.4) is 0 Å². The second kappa shape index (κ2) is 3.98. The molecule has 2 nitrogen and oxygen atoms in total. The summed E-state index contributed by atoms with van der Waals surface area (Å²) in [6, 6.07) is 14.3. The van der Waals surface area contributed by atoms with Crippen LogP contribution in [0, 0.1) is 6.92 Å². The lowest BCUT2D eigenvalue weighted by Crippen LogP contribution is -1.87.